The number of carbonyl (C=O) groups excluding carboxylic acids is 3. The number of hydrogen-bond acceptors (Lipinski definition) is 12. The Kier molecular flexibility index (Phi) is 13.4. The Balaban J connectivity index is 1.36. The summed E-state index contributed by atoms with van der Waals surface area (Å²) in [4.78, 5) is 76.7. The molecule has 0 spiro atoms. The van der Waals surface area contributed by atoms with Gasteiger partial charge in [0.15, 0.2) is 13.3 Å². The van der Waals surface area contributed by atoms with Gasteiger partial charge in [-0.3, -0.25) is 24.3 Å². The van der Waals surface area contributed by atoms with Gasteiger partial charge in [-0.25, -0.2) is 8.00 Å². The summed E-state index contributed by atoms with van der Waals surface area (Å²) < 4.78 is 29.6. The number of carboxylic acids is 1. The van der Waals surface area contributed by atoms with Crippen LogP contribution in [0.15, 0.2) is 38.5 Å². The zero-order valence-corrected chi connectivity index (χ0v) is 30.0. The van der Waals surface area contributed by atoms with E-state index in [9.17, 15) is 33.7 Å². The molecule has 3 unspecified atom stereocenters. The number of aliphatic hydroxyl groups is 1. The molecular formula is C29H40BIN6O11P-. The molecule has 3 amide bonds. The summed E-state index contributed by atoms with van der Waals surface area (Å²) in [5.41, 5.74) is 0.206. The van der Waals surface area contributed by atoms with Crippen LogP contribution in [0.4, 0.5) is 0 Å². The van der Waals surface area contributed by atoms with Gasteiger partial charge in [-0.15, -0.1) is 0 Å². The number of benzene rings is 1. The number of carbonyl (C=O) groups is 4. The number of nitrogens with one attached hydrogen (secondary N) is 3. The van der Waals surface area contributed by atoms with E-state index in [2.05, 4.69) is 38.0 Å². The molecule has 0 radical (unpaired) electrons. The number of hydrogen-bond donors (Lipinski definition) is 6. The van der Waals surface area contributed by atoms with Crippen LogP contribution in [-0.4, -0.2) is 123 Å². The summed E-state index contributed by atoms with van der Waals surface area (Å²) in [6.07, 6.45) is 0.853. The van der Waals surface area contributed by atoms with Crippen molar-refractivity contribution in [1.82, 2.24) is 20.9 Å². The maximum atomic E-state index is 13.9. The fourth-order valence-corrected chi connectivity index (χ4v) is 7.39. The normalized spacial score (nSPS) is 24.2. The quantitative estimate of drug-likeness (QED) is 0.0681. The van der Waals surface area contributed by atoms with E-state index >= 15 is 0 Å². The highest BCUT2D eigenvalue weighted by Crippen LogP contribution is 2.51. The third-order valence-electron chi connectivity index (χ3n) is 8.53. The number of carboxylic acid groups (broad SMARTS) is 1. The standard InChI is InChI=1S/C29H41BIN6O11P/c1-19(2)21-15-28(21,35-26(40)22(14-20-6-4-3-5-7-20)34-25(39)23-17-32-18-31-36-23)30-47-12-10-37(11-13-48-30)9-8-33-24(38)16-29(43,27(41)42)49(44,45)46/h3-7,17-19,21-22,43H,8-16H2,1-2H3,(H,33,38)(H,34,39)(H,35,40)(H,41,42)(H2,44,45,46)/p-1/t21-,22+,28?,29?/m0/s1. The number of aliphatic imine (C=N–C) groups is 1. The Bertz CT molecular complexity index is 1520. The van der Waals surface area contributed by atoms with E-state index in [-0.39, 0.29) is 56.2 Å². The van der Waals surface area contributed by atoms with Crippen molar-refractivity contribution in [2.24, 2.45) is 20.0 Å². The average Bonchev–Trinajstić information content (AvgIpc) is 3.77. The molecule has 2 fully saturated rings. The third-order valence-corrected chi connectivity index (χ3v) is 11.2. The van der Waals surface area contributed by atoms with Crippen molar-refractivity contribution in [3.63, 3.8) is 0 Å². The Labute approximate surface area is 293 Å². The first kappa shape index (κ1) is 38.9. The molecule has 0 aromatic heterocycles. The second kappa shape index (κ2) is 16.9. The molecule has 1 aromatic carbocycles. The van der Waals surface area contributed by atoms with Crippen LogP contribution in [-0.2, 0) is 39.5 Å². The lowest BCUT2D eigenvalue weighted by atomic mass is 9.71. The van der Waals surface area contributed by atoms with E-state index < -0.39 is 76.7 Å². The minimum Gasteiger partial charge on any atom is -0.776 e. The van der Waals surface area contributed by atoms with Crippen LogP contribution in [0.2, 0.25) is 0 Å². The van der Waals surface area contributed by atoms with Crippen molar-refractivity contribution in [2.45, 2.75) is 49.9 Å². The predicted octanol–water partition coefficient (Wildman–Crippen LogP) is -1.38. The first-order valence-electron chi connectivity index (χ1n) is 15.6. The SMILES string of the molecule is CC(C)[C@@H]1CC1(NC(=O)[C@@H](Cc1ccccc1)NC(=O)C1=NI=CN=C1)B1OCCN(CCNC(=O)CC(O)(C(=O)O)P(=O)([O-])O)CCO1. The molecule has 2 heterocycles. The maximum absolute atomic E-state index is 13.9. The molecule has 49 heavy (non-hydrogen) atoms. The molecular weight excluding hydrogens is 777 g/mol. The predicted molar refractivity (Wildman–Crippen MR) is 186 cm³/mol. The third kappa shape index (κ3) is 10.1. The van der Waals surface area contributed by atoms with E-state index in [1.807, 2.05) is 35.2 Å². The fraction of sp³-hybridized carbons (Fsp3) is 0.552. The maximum Gasteiger partial charge on any atom is 0.484 e. The Morgan fingerprint density at radius 1 is 1.20 bits per heavy atom. The molecule has 0 bridgehead atoms. The van der Waals surface area contributed by atoms with Crippen molar-refractivity contribution in [1.29, 1.82) is 0 Å². The van der Waals surface area contributed by atoms with Crippen LogP contribution in [0.25, 0.3) is 0 Å². The van der Waals surface area contributed by atoms with E-state index in [1.54, 1.807) is 4.14 Å². The number of halogens is 1. The lowest BCUT2D eigenvalue weighted by molar-refractivity contribution is -0.214. The summed E-state index contributed by atoms with van der Waals surface area (Å²) in [5, 5.41) is 23.6. The molecule has 3 aliphatic rings. The van der Waals surface area contributed by atoms with Crippen LogP contribution in [0.3, 0.4) is 0 Å². The van der Waals surface area contributed by atoms with Crippen molar-refractivity contribution >= 4 is 75.5 Å². The molecule has 1 aromatic rings. The van der Waals surface area contributed by atoms with E-state index in [0.29, 0.717) is 19.5 Å². The summed E-state index contributed by atoms with van der Waals surface area (Å²) >= 11 is -0.720. The minimum atomic E-state index is -5.79. The number of rotatable bonds is 15. The van der Waals surface area contributed by atoms with Gasteiger partial charge in [-0.05, 0) is 23.8 Å². The van der Waals surface area contributed by atoms with Crippen molar-refractivity contribution in [2.75, 3.05) is 39.4 Å². The second-order valence-corrected chi connectivity index (χ2v) is 15.7. The molecule has 6 N–H and O–H groups in total. The first-order chi connectivity index (χ1) is 23.2. The minimum absolute atomic E-state index is 0.0191. The van der Waals surface area contributed by atoms with Gasteiger partial charge in [0, 0.05) is 66.8 Å². The summed E-state index contributed by atoms with van der Waals surface area (Å²) in [6.45, 7) is 5.57. The summed E-state index contributed by atoms with van der Waals surface area (Å²) in [6, 6.07) is 8.43. The Morgan fingerprint density at radius 2 is 1.88 bits per heavy atom. The largest absolute Gasteiger partial charge is 0.776 e. The molecule has 20 heteroatoms. The highest BCUT2D eigenvalue weighted by atomic mass is 127. The smallest absolute Gasteiger partial charge is 0.484 e. The number of nitrogens with zero attached hydrogens (tertiary/aromatic N) is 3. The zero-order valence-electron chi connectivity index (χ0n) is 27.0. The van der Waals surface area contributed by atoms with Crippen molar-refractivity contribution < 1.29 is 53.1 Å². The first-order valence-corrected chi connectivity index (χ1v) is 19.4. The summed E-state index contributed by atoms with van der Waals surface area (Å²) in [7, 11) is -6.56. The molecule has 5 atom stereocenters. The van der Waals surface area contributed by atoms with Gasteiger partial charge in [0.1, 0.15) is 6.04 Å². The van der Waals surface area contributed by atoms with Gasteiger partial charge in [-0.2, -0.15) is 0 Å². The van der Waals surface area contributed by atoms with E-state index in [4.69, 9.17) is 19.3 Å². The van der Waals surface area contributed by atoms with E-state index in [0.717, 1.165) is 5.56 Å². The molecule has 1 saturated carbocycles. The average molecular weight is 817 g/mol. The van der Waals surface area contributed by atoms with Crippen LogP contribution in [0.1, 0.15) is 32.3 Å². The van der Waals surface area contributed by atoms with Gasteiger partial charge >= 0.3 is 13.1 Å². The summed E-state index contributed by atoms with van der Waals surface area (Å²) in [5.74, 6) is -3.98. The lowest BCUT2D eigenvalue weighted by Crippen LogP contribution is -2.60. The molecule has 4 rings (SSSR count). The van der Waals surface area contributed by atoms with Gasteiger partial charge in [-0.1, -0.05) is 44.2 Å². The van der Waals surface area contributed by atoms with Crippen molar-refractivity contribution in [3.05, 3.63) is 35.9 Å². The molecule has 1 aliphatic carbocycles. The van der Waals surface area contributed by atoms with Gasteiger partial charge < -0.3 is 49.8 Å². The Hall–Kier alpha value is -2.91. The van der Waals surface area contributed by atoms with Gasteiger partial charge in [0.25, 0.3) is 5.91 Å². The highest BCUT2D eigenvalue weighted by Gasteiger charge is 2.66. The monoisotopic (exact) mass is 817 g/mol. The van der Waals surface area contributed by atoms with Gasteiger partial charge in [0.2, 0.25) is 17.2 Å². The van der Waals surface area contributed by atoms with Crippen LogP contribution >= 0.6 is 28.6 Å². The Morgan fingerprint density at radius 3 is 2.43 bits per heavy atom. The molecule has 1 saturated heterocycles. The highest BCUT2D eigenvalue weighted by molar-refractivity contribution is 14.2. The van der Waals surface area contributed by atoms with Crippen molar-refractivity contribution in [3.8, 4) is 0 Å². The lowest BCUT2D eigenvalue weighted by Gasteiger charge is -2.33. The number of amides is 3. The topological polar surface area (TPSA) is 252 Å². The fourth-order valence-electron chi connectivity index (χ4n) is 5.73. The van der Waals surface area contributed by atoms with Gasteiger partial charge in [0.05, 0.1) is 22.2 Å². The molecule has 268 valence electrons. The van der Waals surface area contributed by atoms with Crippen LogP contribution in [0.5, 0.6) is 0 Å². The number of aliphatic carboxylic acids is 1. The van der Waals surface area contributed by atoms with Crippen LogP contribution in [0, 0.1) is 11.8 Å². The molecule has 2 aliphatic heterocycles. The zero-order chi connectivity index (χ0) is 35.8. The van der Waals surface area contributed by atoms with E-state index in [1.165, 1.54) is 6.21 Å². The van der Waals surface area contributed by atoms with Crippen LogP contribution < -0.4 is 20.8 Å². The molecule has 17 nitrogen and oxygen atoms in total. The second-order valence-electron chi connectivity index (χ2n) is 12.3.